The van der Waals surface area contributed by atoms with Crippen molar-refractivity contribution in [3.63, 3.8) is 0 Å². The molecule has 0 aliphatic rings. The molecule has 3 rings (SSSR count). The summed E-state index contributed by atoms with van der Waals surface area (Å²) in [6.45, 7) is 2.63. The second-order valence-corrected chi connectivity index (χ2v) is 6.41. The molecule has 0 spiro atoms. The summed E-state index contributed by atoms with van der Waals surface area (Å²) in [6, 6.07) is 15.6. The van der Waals surface area contributed by atoms with Crippen molar-refractivity contribution >= 4 is 17.3 Å². The normalized spacial score (nSPS) is 10.3. The Bertz CT molecular complexity index is 945. The first-order chi connectivity index (χ1) is 14.1. The maximum absolute atomic E-state index is 5.35. The van der Waals surface area contributed by atoms with E-state index >= 15 is 0 Å². The number of methoxy groups -OCH3 is 3. The average molecular weight is 394 g/mol. The molecule has 7 nitrogen and oxygen atoms in total. The number of rotatable bonds is 9. The van der Waals surface area contributed by atoms with Gasteiger partial charge in [0.05, 0.1) is 21.3 Å². The van der Waals surface area contributed by atoms with E-state index in [0.717, 1.165) is 30.2 Å². The molecule has 0 fully saturated rings. The van der Waals surface area contributed by atoms with E-state index in [1.807, 2.05) is 43.3 Å². The molecular weight excluding hydrogens is 368 g/mol. The van der Waals surface area contributed by atoms with E-state index < -0.39 is 0 Å². The van der Waals surface area contributed by atoms with Crippen LogP contribution in [-0.4, -0.2) is 37.8 Å². The van der Waals surface area contributed by atoms with Crippen molar-refractivity contribution in [2.24, 2.45) is 0 Å². The minimum Gasteiger partial charge on any atom is -0.497 e. The molecule has 1 heterocycles. The van der Waals surface area contributed by atoms with Gasteiger partial charge in [-0.05, 0) is 43.2 Å². The molecule has 0 amide bonds. The van der Waals surface area contributed by atoms with Crippen LogP contribution in [0.4, 0.5) is 17.3 Å². The SMILES string of the molecule is COc1ccc(CCNc2cc(Nc3ccc(OC)c(OC)c3)nc(C)n2)cc1. The highest BCUT2D eigenvalue weighted by Gasteiger charge is 2.07. The van der Waals surface area contributed by atoms with Crippen LogP contribution in [0.3, 0.4) is 0 Å². The number of anilines is 3. The van der Waals surface area contributed by atoms with Crippen molar-refractivity contribution in [3.05, 3.63) is 59.9 Å². The standard InChI is InChI=1S/C22H26N4O3/c1-15-24-21(23-12-11-16-5-8-18(27-2)9-6-16)14-22(25-15)26-17-7-10-19(28-3)20(13-17)29-4/h5-10,13-14H,11-12H2,1-4H3,(H2,23,24,25,26). The molecule has 3 aromatic rings. The molecule has 2 aromatic carbocycles. The molecule has 0 bridgehead atoms. The van der Waals surface area contributed by atoms with Gasteiger partial charge in [0.15, 0.2) is 11.5 Å². The third kappa shape index (κ3) is 5.51. The van der Waals surface area contributed by atoms with E-state index in [2.05, 4.69) is 32.7 Å². The van der Waals surface area contributed by atoms with Crippen molar-refractivity contribution in [1.29, 1.82) is 0 Å². The van der Waals surface area contributed by atoms with Crippen molar-refractivity contribution in [3.8, 4) is 17.2 Å². The van der Waals surface area contributed by atoms with Crippen LogP contribution < -0.4 is 24.8 Å². The zero-order valence-corrected chi connectivity index (χ0v) is 17.2. The maximum atomic E-state index is 5.35. The van der Waals surface area contributed by atoms with Crippen molar-refractivity contribution in [2.75, 3.05) is 38.5 Å². The van der Waals surface area contributed by atoms with E-state index in [9.17, 15) is 0 Å². The molecule has 0 aliphatic heterocycles. The molecule has 0 saturated carbocycles. The van der Waals surface area contributed by atoms with Crippen LogP contribution in [0.5, 0.6) is 17.2 Å². The number of hydrogen-bond donors (Lipinski definition) is 2. The monoisotopic (exact) mass is 394 g/mol. The lowest BCUT2D eigenvalue weighted by Crippen LogP contribution is -2.08. The third-order valence-corrected chi connectivity index (χ3v) is 4.37. The van der Waals surface area contributed by atoms with Crippen molar-refractivity contribution in [1.82, 2.24) is 9.97 Å². The molecule has 1 aromatic heterocycles. The molecular formula is C22H26N4O3. The summed E-state index contributed by atoms with van der Waals surface area (Å²) in [7, 11) is 4.89. The lowest BCUT2D eigenvalue weighted by Gasteiger charge is -2.12. The highest BCUT2D eigenvalue weighted by Crippen LogP contribution is 2.31. The average Bonchev–Trinajstić information content (AvgIpc) is 2.73. The van der Waals surface area contributed by atoms with Gasteiger partial charge in [0.1, 0.15) is 23.2 Å². The number of benzene rings is 2. The summed E-state index contributed by atoms with van der Waals surface area (Å²) in [5.74, 6) is 4.35. The minimum atomic E-state index is 0.654. The topological polar surface area (TPSA) is 77.5 Å². The van der Waals surface area contributed by atoms with Crippen LogP contribution in [0.15, 0.2) is 48.5 Å². The fourth-order valence-electron chi connectivity index (χ4n) is 2.91. The van der Waals surface area contributed by atoms with Gasteiger partial charge in [-0.1, -0.05) is 12.1 Å². The predicted octanol–water partition coefficient (Wildman–Crippen LogP) is 4.21. The number of aromatic nitrogens is 2. The van der Waals surface area contributed by atoms with Crippen LogP contribution in [0.2, 0.25) is 0 Å². The Morgan fingerprint density at radius 3 is 2.21 bits per heavy atom. The van der Waals surface area contributed by atoms with Gasteiger partial charge in [0, 0.05) is 24.4 Å². The first kappa shape index (κ1) is 20.3. The fourth-order valence-corrected chi connectivity index (χ4v) is 2.91. The summed E-state index contributed by atoms with van der Waals surface area (Å²) >= 11 is 0. The Morgan fingerprint density at radius 2 is 1.52 bits per heavy atom. The summed E-state index contributed by atoms with van der Waals surface area (Å²) in [4.78, 5) is 8.93. The maximum Gasteiger partial charge on any atom is 0.162 e. The molecule has 29 heavy (non-hydrogen) atoms. The van der Waals surface area contributed by atoms with Crippen molar-refractivity contribution < 1.29 is 14.2 Å². The third-order valence-electron chi connectivity index (χ3n) is 4.37. The molecule has 152 valence electrons. The second kappa shape index (κ2) is 9.64. The minimum absolute atomic E-state index is 0.654. The van der Waals surface area contributed by atoms with Gasteiger partial charge >= 0.3 is 0 Å². The van der Waals surface area contributed by atoms with E-state index in [-0.39, 0.29) is 0 Å². The molecule has 0 saturated heterocycles. The van der Waals surface area contributed by atoms with Crippen LogP contribution >= 0.6 is 0 Å². The smallest absolute Gasteiger partial charge is 0.162 e. The first-order valence-electron chi connectivity index (χ1n) is 9.33. The fraction of sp³-hybridized carbons (Fsp3) is 0.273. The highest BCUT2D eigenvalue weighted by molar-refractivity contribution is 5.63. The van der Waals surface area contributed by atoms with Crippen LogP contribution in [-0.2, 0) is 6.42 Å². The molecule has 7 heteroatoms. The lowest BCUT2D eigenvalue weighted by atomic mass is 10.1. The van der Waals surface area contributed by atoms with E-state index in [1.54, 1.807) is 21.3 Å². The van der Waals surface area contributed by atoms with E-state index in [4.69, 9.17) is 14.2 Å². The molecule has 0 unspecified atom stereocenters. The predicted molar refractivity (Wildman–Crippen MR) is 115 cm³/mol. The summed E-state index contributed by atoms with van der Waals surface area (Å²) in [5.41, 5.74) is 2.08. The van der Waals surface area contributed by atoms with Crippen molar-refractivity contribution in [2.45, 2.75) is 13.3 Å². The Morgan fingerprint density at radius 1 is 0.793 bits per heavy atom. The Hall–Kier alpha value is -3.48. The largest absolute Gasteiger partial charge is 0.497 e. The quantitative estimate of drug-likeness (QED) is 0.563. The van der Waals surface area contributed by atoms with Crippen LogP contribution in [0.1, 0.15) is 11.4 Å². The Labute approximate surface area is 171 Å². The first-order valence-corrected chi connectivity index (χ1v) is 9.33. The molecule has 2 N–H and O–H groups in total. The van der Waals surface area contributed by atoms with Gasteiger partial charge in [-0.2, -0.15) is 0 Å². The zero-order valence-electron chi connectivity index (χ0n) is 17.2. The summed E-state index contributed by atoms with van der Waals surface area (Å²) in [5, 5.41) is 6.65. The van der Waals surface area contributed by atoms with Gasteiger partial charge in [-0.25, -0.2) is 9.97 Å². The highest BCUT2D eigenvalue weighted by atomic mass is 16.5. The molecule has 0 atom stereocenters. The number of nitrogens with zero attached hydrogens (tertiary/aromatic N) is 2. The number of nitrogens with one attached hydrogen (secondary N) is 2. The number of ether oxygens (including phenoxy) is 3. The van der Waals surface area contributed by atoms with Gasteiger partial charge < -0.3 is 24.8 Å². The van der Waals surface area contributed by atoms with Gasteiger partial charge in [0.2, 0.25) is 0 Å². The van der Waals surface area contributed by atoms with Gasteiger partial charge in [-0.3, -0.25) is 0 Å². The number of hydrogen-bond acceptors (Lipinski definition) is 7. The lowest BCUT2D eigenvalue weighted by molar-refractivity contribution is 0.355. The Balaban J connectivity index is 1.64. The van der Waals surface area contributed by atoms with Crippen LogP contribution in [0, 0.1) is 6.92 Å². The molecule has 0 aliphatic carbocycles. The Kier molecular flexibility index (Phi) is 6.73. The van der Waals surface area contributed by atoms with E-state index in [1.165, 1.54) is 5.56 Å². The van der Waals surface area contributed by atoms with Gasteiger partial charge in [0.25, 0.3) is 0 Å². The summed E-state index contributed by atoms with van der Waals surface area (Å²) in [6.07, 6.45) is 0.880. The molecule has 0 radical (unpaired) electrons. The zero-order chi connectivity index (χ0) is 20.6. The summed E-state index contributed by atoms with van der Waals surface area (Å²) < 4.78 is 15.8. The van der Waals surface area contributed by atoms with Crippen LogP contribution in [0.25, 0.3) is 0 Å². The number of aryl methyl sites for hydroxylation is 1. The second-order valence-electron chi connectivity index (χ2n) is 6.41. The van der Waals surface area contributed by atoms with Gasteiger partial charge in [-0.15, -0.1) is 0 Å². The van der Waals surface area contributed by atoms with E-state index in [0.29, 0.717) is 23.1 Å².